The van der Waals surface area contributed by atoms with Crippen LogP contribution in [0.15, 0.2) is 46.3 Å². The van der Waals surface area contributed by atoms with Crippen LogP contribution in [0, 0.1) is 5.82 Å². The number of aromatic nitrogens is 1. The van der Waals surface area contributed by atoms with E-state index in [9.17, 15) is 14.0 Å². The summed E-state index contributed by atoms with van der Waals surface area (Å²) in [5, 5.41) is 0. The van der Waals surface area contributed by atoms with Crippen molar-refractivity contribution in [3.05, 3.63) is 47.0 Å². The Labute approximate surface area is 191 Å². The van der Waals surface area contributed by atoms with Crippen molar-refractivity contribution >= 4 is 45.2 Å². The number of nitrogens with zero attached hydrogens (tertiary/aromatic N) is 2. The molecule has 1 aromatic heterocycles. The van der Waals surface area contributed by atoms with Gasteiger partial charge in [0.15, 0.2) is 16.3 Å². The van der Waals surface area contributed by atoms with E-state index >= 15 is 0 Å². The van der Waals surface area contributed by atoms with E-state index in [2.05, 4.69) is 4.99 Å². The van der Waals surface area contributed by atoms with Gasteiger partial charge in [-0.25, -0.2) is 4.39 Å². The van der Waals surface area contributed by atoms with Gasteiger partial charge in [0.25, 0.3) is 0 Å². The number of hydrogen-bond donors (Lipinski definition) is 0. The summed E-state index contributed by atoms with van der Waals surface area (Å²) < 4.78 is 31.8. The van der Waals surface area contributed by atoms with Crippen molar-refractivity contribution in [1.82, 2.24) is 4.57 Å². The largest absolute Gasteiger partial charge is 0.486 e. The molecule has 1 aliphatic rings. The first-order valence-electron chi connectivity index (χ1n) is 9.99. The fourth-order valence-corrected chi connectivity index (χ4v) is 5.09. The zero-order chi connectivity index (χ0) is 22.5. The van der Waals surface area contributed by atoms with Gasteiger partial charge in [0.2, 0.25) is 5.91 Å². The number of rotatable bonds is 7. The number of esters is 1. The van der Waals surface area contributed by atoms with Gasteiger partial charge < -0.3 is 18.8 Å². The van der Waals surface area contributed by atoms with Crippen LogP contribution in [0.1, 0.15) is 12.8 Å². The van der Waals surface area contributed by atoms with E-state index < -0.39 is 0 Å². The summed E-state index contributed by atoms with van der Waals surface area (Å²) in [6, 6.07) is 9.87. The molecule has 0 unspecified atom stereocenters. The Morgan fingerprint density at radius 2 is 1.88 bits per heavy atom. The molecule has 2 aromatic carbocycles. The van der Waals surface area contributed by atoms with E-state index in [1.807, 2.05) is 16.7 Å². The number of fused-ring (bicyclic) bond motifs is 2. The minimum atomic E-state index is -0.345. The van der Waals surface area contributed by atoms with Crippen LogP contribution >= 0.6 is 23.1 Å². The molecule has 10 heteroatoms. The van der Waals surface area contributed by atoms with E-state index in [0.717, 1.165) is 15.1 Å². The van der Waals surface area contributed by atoms with Gasteiger partial charge in [-0.3, -0.25) is 9.59 Å². The summed E-state index contributed by atoms with van der Waals surface area (Å²) in [5.74, 6) is 0.897. The molecule has 0 saturated carbocycles. The first-order valence-corrected chi connectivity index (χ1v) is 11.8. The van der Waals surface area contributed by atoms with Crippen LogP contribution in [0.2, 0.25) is 0 Å². The van der Waals surface area contributed by atoms with E-state index in [4.69, 9.17) is 14.2 Å². The van der Waals surface area contributed by atoms with Gasteiger partial charge >= 0.3 is 5.97 Å². The minimum absolute atomic E-state index is 0.151. The molecule has 168 valence electrons. The molecule has 0 saturated heterocycles. The maximum atomic E-state index is 13.0. The molecule has 0 N–H and O–H groups in total. The Kier molecular flexibility index (Phi) is 7.11. The Morgan fingerprint density at radius 3 is 2.59 bits per heavy atom. The first-order chi connectivity index (χ1) is 15.5. The lowest BCUT2D eigenvalue weighted by Crippen LogP contribution is -2.19. The number of benzene rings is 2. The number of carbonyl (C=O) groups excluding carboxylic acids is 2. The molecule has 0 radical (unpaired) electrons. The summed E-state index contributed by atoms with van der Waals surface area (Å²) in [5.41, 5.74) is 0.815. The number of amides is 1. The molecule has 0 spiro atoms. The first kappa shape index (κ1) is 22.3. The number of carbonyl (C=O) groups is 2. The highest BCUT2D eigenvalue weighted by molar-refractivity contribution is 7.99. The number of hydrogen-bond acceptors (Lipinski definition) is 7. The number of halogens is 1. The number of aryl methyl sites for hydroxylation is 1. The van der Waals surface area contributed by atoms with Crippen LogP contribution < -0.4 is 14.3 Å². The lowest BCUT2D eigenvalue weighted by Gasteiger charge is -2.18. The van der Waals surface area contributed by atoms with Crippen LogP contribution in [-0.4, -0.2) is 42.5 Å². The number of ether oxygens (including phenoxy) is 3. The second kappa shape index (κ2) is 10.2. The summed E-state index contributed by atoms with van der Waals surface area (Å²) in [7, 11) is 1.34. The predicted molar refractivity (Wildman–Crippen MR) is 120 cm³/mol. The minimum Gasteiger partial charge on any atom is -0.486 e. The highest BCUT2D eigenvalue weighted by Crippen LogP contribution is 2.35. The SMILES string of the molecule is COC(=O)CCn1c(=NC(=O)CCSc2ccc(F)cc2)sc2cc3c(cc21)OCCO3. The van der Waals surface area contributed by atoms with Crippen LogP contribution in [0.25, 0.3) is 10.2 Å². The second-order valence-electron chi connectivity index (χ2n) is 6.88. The van der Waals surface area contributed by atoms with Gasteiger partial charge in [0.05, 0.1) is 23.7 Å². The van der Waals surface area contributed by atoms with Crippen molar-refractivity contribution in [2.45, 2.75) is 24.3 Å². The van der Waals surface area contributed by atoms with E-state index in [0.29, 0.717) is 41.8 Å². The fourth-order valence-electron chi connectivity index (χ4n) is 3.16. The Hall–Kier alpha value is -2.85. The van der Waals surface area contributed by atoms with E-state index in [-0.39, 0.29) is 30.5 Å². The third kappa shape index (κ3) is 5.31. The molecule has 3 aromatic rings. The molecular formula is C22H21FN2O5S2. The highest BCUT2D eigenvalue weighted by atomic mass is 32.2. The zero-order valence-electron chi connectivity index (χ0n) is 17.3. The standard InChI is InChI=1S/C22H21FN2O5S2/c1-28-21(27)6-8-25-16-12-17-18(30-10-9-29-17)13-19(16)32-22(25)24-20(26)7-11-31-15-4-2-14(23)3-5-15/h2-5,12-13H,6-11H2,1H3. The van der Waals surface area contributed by atoms with Crippen molar-refractivity contribution in [3.63, 3.8) is 0 Å². The quantitative estimate of drug-likeness (QED) is 0.381. The second-order valence-corrected chi connectivity index (χ2v) is 9.06. The predicted octanol–water partition coefficient (Wildman–Crippen LogP) is 3.79. The molecule has 7 nitrogen and oxygen atoms in total. The molecule has 0 bridgehead atoms. The monoisotopic (exact) mass is 476 g/mol. The summed E-state index contributed by atoms with van der Waals surface area (Å²) in [6.45, 7) is 1.27. The van der Waals surface area contributed by atoms with Crippen LogP contribution in [0.4, 0.5) is 4.39 Å². The molecule has 0 fully saturated rings. The highest BCUT2D eigenvalue weighted by Gasteiger charge is 2.17. The van der Waals surface area contributed by atoms with Crippen LogP contribution in [0.5, 0.6) is 11.5 Å². The molecular weight excluding hydrogens is 455 g/mol. The smallest absolute Gasteiger partial charge is 0.307 e. The fraction of sp³-hybridized carbons (Fsp3) is 0.318. The van der Waals surface area contributed by atoms with Gasteiger partial charge in [-0.15, -0.1) is 11.8 Å². The third-order valence-electron chi connectivity index (χ3n) is 4.73. The Balaban J connectivity index is 1.57. The van der Waals surface area contributed by atoms with Gasteiger partial charge in [-0.05, 0) is 24.3 Å². The normalized spacial score (nSPS) is 13.4. The molecule has 32 heavy (non-hydrogen) atoms. The van der Waals surface area contributed by atoms with Gasteiger partial charge in [-0.1, -0.05) is 11.3 Å². The Bertz CT molecular complexity index is 1200. The van der Waals surface area contributed by atoms with Crippen molar-refractivity contribution < 1.29 is 28.2 Å². The van der Waals surface area contributed by atoms with Crippen molar-refractivity contribution in [2.75, 3.05) is 26.1 Å². The number of thioether (sulfide) groups is 1. The summed E-state index contributed by atoms with van der Waals surface area (Å²) in [6.07, 6.45) is 0.384. The van der Waals surface area contributed by atoms with Crippen molar-refractivity contribution in [1.29, 1.82) is 0 Å². The van der Waals surface area contributed by atoms with Crippen LogP contribution in [-0.2, 0) is 20.9 Å². The lowest BCUT2D eigenvalue weighted by molar-refractivity contribution is -0.140. The zero-order valence-corrected chi connectivity index (χ0v) is 19.0. The molecule has 0 atom stereocenters. The maximum Gasteiger partial charge on any atom is 0.307 e. The van der Waals surface area contributed by atoms with Gasteiger partial charge in [-0.2, -0.15) is 4.99 Å². The summed E-state index contributed by atoms with van der Waals surface area (Å²) >= 11 is 2.82. The van der Waals surface area contributed by atoms with E-state index in [1.54, 1.807) is 12.1 Å². The molecule has 2 heterocycles. The van der Waals surface area contributed by atoms with Gasteiger partial charge in [0, 0.05) is 35.7 Å². The topological polar surface area (TPSA) is 79.1 Å². The van der Waals surface area contributed by atoms with Crippen molar-refractivity contribution in [2.24, 2.45) is 4.99 Å². The molecule has 4 rings (SSSR count). The van der Waals surface area contributed by atoms with Gasteiger partial charge in [0.1, 0.15) is 19.0 Å². The maximum absolute atomic E-state index is 13.0. The average Bonchev–Trinajstić information content (AvgIpc) is 3.12. The molecule has 1 aliphatic heterocycles. The number of methoxy groups -OCH3 is 1. The molecule has 1 amide bonds. The molecule has 0 aliphatic carbocycles. The van der Waals surface area contributed by atoms with Crippen LogP contribution in [0.3, 0.4) is 0 Å². The average molecular weight is 477 g/mol. The number of thiazole rings is 1. The van der Waals surface area contributed by atoms with E-state index in [1.165, 1.54) is 42.3 Å². The third-order valence-corrected chi connectivity index (χ3v) is 6.79. The van der Waals surface area contributed by atoms with Crippen molar-refractivity contribution in [3.8, 4) is 11.5 Å². The lowest BCUT2D eigenvalue weighted by atomic mass is 10.2. The Morgan fingerprint density at radius 1 is 1.16 bits per heavy atom. The summed E-state index contributed by atoms with van der Waals surface area (Å²) in [4.78, 5) is 30.0.